The SMILES string of the molecule is COPc1cccc(/C=C/C(=O)OC(C)(C)C)c1. The molecule has 1 rings (SSSR count). The number of hydrogen-bond donors (Lipinski definition) is 0. The van der Waals surface area contributed by atoms with E-state index in [-0.39, 0.29) is 5.97 Å². The highest BCUT2D eigenvalue weighted by atomic mass is 31.1. The van der Waals surface area contributed by atoms with Gasteiger partial charge in [-0.05, 0) is 43.8 Å². The second kappa shape index (κ2) is 6.67. The van der Waals surface area contributed by atoms with Crippen LogP contribution in [0.2, 0.25) is 0 Å². The normalized spacial score (nSPS) is 12.4. The summed E-state index contributed by atoms with van der Waals surface area (Å²) in [4.78, 5) is 11.5. The molecule has 3 nitrogen and oxygen atoms in total. The Morgan fingerprint density at radius 2 is 2.06 bits per heavy atom. The third kappa shape index (κ3) is 5.95. The van der Waals surface area contributed by atoms with Gasteiger partial charge in [0.15, 0.2) is 0 Å². The third-order valence-electron chi connectivity index (χ3n) is 1.93. The molecule has 0 fully saturated rings. The molecule has 0 aliphatic rings. The van der Waals surface area contributed by atoms with Crippen molar-refractivity contribution in [2.24, 2.45) is 0 Å². The second-order valence-corrected chi connectivity index (χ2v) is 5.99. The Morgan fingerprint density at radius 3 is 2.67 bits per heavy atom. The molecule has 0 aliphatic heterocycles. The first-order valence-electron chi connectivity index (χ1n) is 5.71. The summed E-state index contributed by atoms with van der Waals surface area (Å²) in [5.41, 5.74) is 0.503. The highest BCUT2D eigenvalue weighted by Crippen LogP contribution is 2.12. The molecule has 0 spiro atoms. The van der Waals surface area contributed by atoms with Gasteiger partial charge in [-0.15, -0.1) is 0 Å². The quantitative estimate of drug-likeness (QED) is 0.477. The molecule has 18 heavy (non-hydrogen) atoms. The monoisotopic (exact) mass is 266 g/mol. The van der Waals surface area contributed by atoms with E-state index in [1.165, 1.54) is 6.08 Å². The molecular formula is C14H19O3P. The van der Waals surface area contributed by atoms with Crippen molar-refractivity contribution in [1.29, 1.82) is 0 Å². The predicted molar refractivity (Wildman–Crippen MR) is 76.3 cm³/mol. The zero-order chi connectivity index (χ0) is 13.6. The summed E-state index contributed by atoms with van der Waals surface area (Å²) in [5, 5.41) is 1.10. The van der Waals surface area contributed by atoms with Gasteiger partial charge < -0.3 is 9.26 Å². The van der Waals surface area contributed by atoms with E-state index < -0.39 is 5.60 Å². The van der Waals surface area contributed by atoms with E-state index in [1.807, 2.05) is 45.0 Å². The number of hydrogen-bond acceptors (Lipinski definition) is 3. The summed E-state index contributed by atoms with van der Waals surface area (Å²) < 4.78 is 10.3. The van der Waals surface area contributed by atoms with E-state index in [0.717, 1.165) is 10.9 Å². The molecule has 1 unspecified atom stereocenters. The number of carbonyl (C=O) groups excluding carboxylic acids is 1. The van der Waals surface area contributed by atoms with E-state index in [4.69, 9.17) is 9.26 Å². The lowest BCUT2D eigenvalue weighted by molar-refractivity contribution is -0.148. The van der Waals surface area contributed by atoms with Gasteiger partial charge in [0.05, 0.1) is 0 Å². The molecule has 1 atom stereocenters. The fraction of sp³-hybridized carbons (Fsp3) is 0.357. The molecule has 4 heteroatoms. The molecule has 0 aromatic heterocycles. The standard InChI is InChI=1S/C14H19O3P/c1-14(2,3)17-13(15)9-8-11-6-5-7-12(10-11)18-16-4/h5-10,18H,1-4H3/b9-8+. The molecule has 98 valence electrons. The summed E-state index contributed by atoms with van der Waals surface area (Å²) in [6.45, 7) is 5.54. The number of carbonyl (C=O) groups is 1. The molecule has 0 heterocycles. The van der Waals surface area contributed by atoms with Gasteiger partial charge in [0.1, 0.15) is 5.60 Å². The van der Waals surface area contributed by atoms with Crippen molar-refractivity contribution in [3.05, 3.63) is 35.9 Å². The van der Waals surface area contributed by atoms with Crippen LogP contribution >= 0.6 is 8.81 Å². The maximum atomic E-state index is 11.5. The minimum Gasteiger partial charge on any atom is -0.457 e. The van der Waals surface area contributed by atoms with Crippen LogP contribution in [0.1, 0.15) is 26.3 Å². The van der Waals surface area contributed by atoms with Crippen molar-refractivity contribution in [3.8, 4) is 0 Å². The van der Waals surface area contributed by atoms with Gasteiger partial charge >= 0.3 is 5.97 Å². The minimum absolute atomic E-state index is 0.324. The Balaban J connectivity index is 2.66. The van der Waals surface area contributed by atoms with Crippen LogP contribution in [0, 0.1) is 0 Å². The first-order valence-corrected chi connectivity index (χ1v) is 6.62. The largest absolute Gasteiger partial charge is 0.457 e. The fourth-order valence-corrected chi connectivity index (χ4v) is 1.95. The molecule has 1 aromatic carbocycles. The Labute approximate surface area is 110 Å². The van der Waals surface area contributed by atoms with Gasteiger partial charge in [0.25, 0.3) is 0 Å². The molecule has 1 aromatic rings. The maximum Gasteiger partial charge on any atom is 0.331 e. The highest BCUT2D eigenvalue weighted by molar-refractivity contribution is 7.41. The van der Waals surface area contributed by atoms with Gasteiger partial charge in [0.2, 0.25) is 0 Å². The van der Waals surface area contributed by atoms with Gasteiger partial charge in [-0.2, -0.15) is 0 Å². The van der Waals surface area contributed by atoms with E-state index in [9.17, 15) is 4.79 Å². The third-order valence-corrected chi connectivity index (χ3v) is 2.68. The Morgan fingerprint density at radius 1 is 1.33 bits per heavy atom. The minimum atomic E-state index is -0.458. The highest BCUT2D eigenvalue weighted by Gasteiger charge is 2.13. The zero-order valence-electron chi connectivity index (χ0n) is 11.2. The van der Waals surface area contributed by atoms with Crippen molar-refractivity contribution in [3.63, 3.8) is 0 Å². The predicted octanol–water partition coefficient (Wildman–Crippen LogP) is 2.91. The Hall–Kier alpha value is -1.18. The molecule has 0 N–H and O–H groups in total. The topological polar surface area (TPSA) is 35.5 Å². The average molecular weight is 266 g/mol. The first kappa shape index (κ1) is 14.9. The van der Waals surface area contributed by atoms with Crippen molar-refractivity contribution in [2.45, 2.75) is 26.4 Å². The number of benzene rings is 1. The number of ether oxygens (including phenoxy) is 1. The maximum absolute atomic E-state index is 11.5. The fourth-order valence-electron chi connectivity index (χ4n) is 1.32. The Bertz CT molecular complexity index is 433. The first-order chi connectivity index (χ1) is 8.40. The van der Waals surface area contributed by atoms with Gasteiger partial charge in [-0.3, -0.25) is 0 Å². The number of esters is 1. The molecule has 0 saturated carbocycles. The van der Waals surface area contributed by atoms with E-state index in [1.54, 1.807) is 13.2 Å². The van der Waals surface area contributed by atoms with E-state index >= 15 is 0 Å². The summed E-state index contributed by atoms with van der Waals surface area (Å²) >= 11 is 0. The molecular weight excluding hydrogens is 247 g/mol. The van der Waals surface area contributed by atoms with Crippen LogP contribution in [-0.4, -0.2) is 18.7 Å². The smallest absolute Gasteiger partial charge is 0.331 e. The van der Waals surface area contributed by atoms with Gasteiger partial charge in [0, 0.05) is 22.0 Å². The summed E-state index contributed by atoms with van der Waals surface area (Å²) in [6, 6.07) is 7.86. The van der Waals surface area contributed by atoms with Crippen LogP contribution in [0.25, 0.3) is 6.08 Å². The van der Waals surface area contributed by atoms with Crippen molar-refractivity contribution in [2.75, 3.05) is 7.11 Å². The molecule has 0 bridgehead atoms. The van der Waals surface area contributed by atoms with Crippen LogP contribution < -0.4 is 5.30 Å². The van der Waals surface area contributed by atoms with Gasteiger partial charge in [-0.25, -0.2) is 4.79 Å². The van der Waals surface area contributed by atoms with Crippen molar-refractivity contribution in [1.82, 2.24) is 0 Å². The zero-order valence-corrected chi connectivity index (χ0v) is 12.2. The average Bonchev–Trinajstić information content (AvgIpc) is 2.25. The van der Waals surface area contributed by atoms with Crippen LogP contribution in [0.3, 0.4) is 0 Å². The number of rotatable bonds is 4. The summed E-state index contributed by atoms with van der Waals surface area (Å²) in [7, 11) is 1.99. The molecule has 0 amide bonds. The van der Waals surface area contributed by atoms with Crippen LogP contribution in [0.4, 0.5) is 0 Å². The lowest BCUT2D eigenvalue weighted by atomic mass is 10.2. The summed E-state index contributed by atoms with van der Waals surface area (Å²) in [5.74, 6) is -0.331. The van der Waals surface area contributed by atoms with Crippen molar-refractivity contribution < 1.29 is 14.1 Å². The molecule has 0 radical (unpaired) electrons. The van der Waals surface area contributed by atoms with Crippen LogP contribution in [-0.2, 0) is 14.1 Å². The lowest BCUT2D eigenvalue weighted by Gasteiger charge is -2.17. The summed E-state index contributed by atoms with van der Waals surface area (Å²) in [6.07, 6.45) is 3.19. The van der Waals surface area contributed by atoms with E-state index in [0.29, 0.717) is 8.81 Å². The lowest BCUT2D eigenvalue weighted by Crippen LogP contribution is -2.22. The van der Waals surface area contributed by atoms with Crippen LogP contribution in [0.5, 0.6) is 0 Å². The van der Waals surface area contributed by atoms with Gasteiger partial charge in [-0.1, -0.05) is 18.2 Å². The Kier molecular flexibility index (Phi) is 5.52. The molecule has 0 saturated heterocycles. The van der Waals surface area contributed by atoms with Crippen molar-refractivity contribution >= 4 is 26.2 Å². The second-order valence-electron chi connectivity index (χ2n) is 4.80. The molecule has 0 aliphatic carbocycles. The van der Waals surface area contributed by atoms with Crippen LogP contribution in [0.15, 0.2) is 30.3 Å². The van der Waals surface area contributed by atoms with E-state index in [2.05, 4.69) is 0 Å².